The fraction of sp³-hybridized carbons (Fsp3) is 0.889. The molecule has 0 radical (unpaired) electrons. The number of piperidine rings is 1. The molecule has 0 atom stereocenters. The van der Waals surface area contributed by atoms with Gasteiger partial charge in [-0.05, 0) is 12.8 Å². The molecule has 1 aliphatic rings. The first-order valence-corrected chi connectivity index (χ1v) is 4.95. The summed E-state index contributed by atoms with van der Waals surface area (Å²) in [6.45, 7) is 2.24. The molecule has 2 N–H and O–H groups in total. The Morgan fingerprint density at radius 2 is 2.07 bits per heavy atom. The van der Waals surface area contributed by atoms with Crippen molar-refractivity contribution >= 4 is 5.91 Å². The minimum Gasteiger partial charge on any atom is -0.348 e. The molecule has 0 aromatic heterocycles. The first-order valence-electron chi connectivity index (χ1n) is 4.95. The molecular weight excluding hydrogens is 182 g/mol. The lowest BCUT2D eigenvalue weighted by molar-refractivity contribution is -0.130. The van der Waals surface area contributed by atoms with Gasteiger partial charge in [0.2, 0.25) is 5.91 Å². The molecule has 1 saturated heterocycles. The van der Waals surface area contributed by atoms with E-state index in [-0.39, 0.29) is 11.9 Å². The number of nitrogens with zero attached hydrogens (tertiary/aromatic N) is 2. The Balaban J connectivity index is 2.25. The van der Waals surface area contributed by atoms with Crippen molar-refractivity contribution in [2.75, 3.05) is 33.7 Å². The zero-order chi connectivity index (χ0) is 10.6. The molecule has 5 nitrogen and oxygen atoms in total. The summed E-state index contributed by atoms with van der Waals surface area (Å²) in [5.41, 5.74) is 2.28. The maximum Gasteiger partial charge on any atom is 0.236 e. The number of carbonyl (C=O) groups is 1. The van der Waals surface area contributed by atoms with Crippen LogP contribution in [0.15, 0.2) is 0 Å². The predicted molar refractivity (Wildman–Crippen MR) is 53.1 cm³/mol. The van der Waals surface area contributed by atoms with Crippen LogP contribution in [0.2, 0.25) is 0 Å². The monoisotopic (exact) mass is 201 g/mol. The van der Waals surface area contributed by atoms with Crippen molar-refractivity contribution in [2.45, 2.75) is 18.9 Å². The molecule has 0 unspecified atom stereocenters. The second kappa shape index (κ2) is 5.29. The summed E-state index contributed by atoms with van der Waals surface area (Å²) in [7, 11) is 3.54. The first-order chi connectivity index (χ1) is 6.63. The van der Waals surface area contributed by atoms with E-state index < -0.39 is 0 Å². The van der Waals surface area contributed by atoms with Gasteiger partial charge in [-0.25, -0.2) is 5.48 Å². The largest absolute Gasteiger partial charge is 0.348 e. The standard InChI is InChI=1S/C9H19N3O2/c1-11(2)9(13)7-12-5-3-8(10-14)4-6-12/h8,10,14H,3-7H2,1-2H3. The summed E-state index contributed by atoms with van der Waals surface area (Å²) in [5.74, 6) is 0.139. The van der Waals surface area contributed by atoms with Gasteiger partial charge in [0.05, 0.1) is 6.54 Å². The predicted octanol–water partition coefficient (Wildman–Crippen LogP) is -0.482. The van der Waals surface area contributed by atoms with Gasteiger partial charge in [0, 0.05) is 33.2 Å². The Labute approximate surface area is 84.6 Å². The number of carbonyl (C=O) groups excluding carboxylic acids is 1. The number of likely N-dealkylation sites (N-methyl/N-ethyl adjacent to an activating group) is 1. The third-order valence-electron chi connectivity index (χ3n) is 2.63. The van der Waals surface area contributed by atoms with Gasteiger partial charge in [0.25, 0.3) is 0 Å². The molecule has 0 saturated carbocycles. The van der Waals surface area contributed by atoms with Crippen molar-refractivity contribution in [1.29, 1.82) is 0 Å². The quantitative estimate of drug-likeness (QED) is 0.605. The van der Waals surface area contributed by atoms with E-state index in [1.165, 1.54) is 0 Å². The van der Waals surface area contributed by atoms with Crippen LogP contribution >= 0.6 is 0 Å². The minimum atomic E-state index is 0.139. The number of hydrogen-bond donors (Lipinski definition) is 2. The molecule has 1 rings (SSSR count). The van der Waals surface area contributed by atoms with Gasteiger partial charge < -0.3 is 10.1 Å². The average molecular weight is 201 g/mol. The lowest BCUT2D eigenvalue weighted by Gasteiger charge is -2.31. The lowest BCUT2D eigenvalue weighted by Crippen LogP contribution is -2.45. The van der Waals surface area contributed by atoms with Crippen LogP contribution in [0.1, 0.15) is 12.8 Å². The van der Waals surface area contributed by atoms with E-state index in [1.54, 1.807) is 19.0 Å². The maximum atomic E-state index is 11.4. The molecule has 0 aromatic rings. The Hall–Kier alpha value is -0.650. The molecule has 0 bridgehead atoms. The third kappa shape index (κ3) is 3.25. The molecular formula is C9H19N3O2. The van der Waals surface area contributed by atoms with E-state index in [2.05, 4.69) is 10.4 Å². The van der Waals surface area contributed by atoms with Crippen molar-refractivity contribution < 1.29 is 10.0 Å². The van der Waals surface area contributed by atoms with Crippen LogP contribution in [0, 0.1) is 0 Å². The fourth-order valence-corrected chi connectivity index (χ4v) is 1.55. The molecule has 5 heteroatoms. The smallest absolute Gasteiger partial charge is 0.236 e. The van der Waals surface area contributed by atoms with Gasteiger partial charge in [-0.2, -0.15) is 0 Å². The zero-order valence-corrected chi connectivity index (χ0v) is 8.86. The van der Waals surface area contributed by atoms with Crippen LogP contribution < -0.4 is 5.48 Å². The normalized spacial score (nSPS) is 19.6. The van der Waals surface area contributed by atoms with Crippen LogP contribution in [0.3, 0.4) is 0 Å². The Bertz CT molecular complexity index is 188. The summed E-state index contributed by atoms with van der Waals surface area (Å²) in [4.78, 5) is 15.1. The second-order valence-corrected chi connectivity index (χ2v) is 3.97. The molecule has 1 fully saturated rings. The molecule has 0 aliphatic carbocycles. The van der Waals surface area contributed by atoms with Gasteiger partial charge in [-0.1, -0.05) is 0 Å². The Morgan fingerprint density at radius 3 is 2.50 bits per heavy atom. The van der Waals surface area contributed by atoms with Crippen LogP contribution in [-0.2, 0) is 4.79 Å². The Morgan fingerprint density at radius 1 is 1.50 bits per heavy atom. The molecule has 0 aromatic carbocycles. The van der Waals surface area contributed by atoms with Crippen molar-refractivity contribution in [1.82, 2.24) is 15.3 Å². The van der Waals surface area contributed by atoms with E-state index in [0.29, 0.717) is 6.54 Å². The average Bonchev–Trinajstić information content (AvgIpc) is 2.19. The van der Waals surface area contributed by atoms with Crippen molar-refractivity contribution in [3.63, 3.8) is 0 Å². The van der Waals surface area contributed by atoms with Crippen LogP contribution in [0.5, 0.6) is 0 Å². The van der Waals surface area contributed by atoms with E-state index in [4.69, 9.17) is 5.21 Å². The summed E-state index contributed by atoms with van der Waals surface area (Å²) in [5, 5.41) is 8.70. The van der Waals surface area contributed by atoms with Gasteiger partial charge in [0.15, 0.2) is 0 Å². The molecule has 1 heterocycles. The van der Waals surface area contributed by atoms with Crippen molar-refractivity contribution in [2.24, 2.45) is 0 Å². The van der Waals surface area contributed by atoms with Crippen molar-refractivity contribution in [3.05, 3.63) is 0 Å². The number of hydroxylamine groups is 1. The highest BCUT2D eigenvalue weighted by Gasteiger charge is 2.20. The summed E-state index contributed by atoms with van der Waals surface area (Å²) < 4.78 is 0. The summed E-state index contributed by atoms with van der Waals surface area (Å²) in [6, 6.07) is 0.195. The zero-order valence-electron chi connectivity index (χ0n) is 8.86. The SMILES string of the molecule is CN(C)C(=O)CN1CCC(NO)CC1. The Kier molecular flexibility index (Phi) is 4.31. The van der Waals surface area contributed by atoms with Gasteiger partial charge in [0.1, 0.15) is 0 Å². The van der Waals surface area contributed by atoms with Gasteiger partial charge in [-0.3, -0.25) is 9.69 Å². The molecule has 0 spiro atoms. The van der Waals surface area contributed by atoms with E-state index in [0.717, 1.165) is 25.9 Å². The topological polar surface area (TPSA) is 55.8 Å². The second-order valence-electron chi connectivity index (χ2n) is 3.97. The molecule has 82 valence electrons. The van der Waals surface area contributed by atoms with Crippen LogP contribution in [-0.4, -0.2) is 60.7 Å². The number of likely N-dealkylation sites (tertiary alicyclic amines) is 1. The van der Waals surface area contributed by atoms with Gasteiger partial charge in [-0.15, -0.1) is 0 Å². The van der Waals surface area contributed by atoms with E-state index in [1.807, 2.05) is 0 Å². The summed E-state index contributed by atoms with van der Waals surface area (Å²) >= 11 is 0. The summed E-state index contributed by atoms with van der Waals surface area (Å²) in [6.07, 6.45) is 1.80. The third-order valence-corrected chi connectivity index (χ3v) is 2.63. The molecule has 1 amide bonds. The number of rotatable bonds is 3. The van der Waals surface area contributed by atoms with Gasteiger partial charge >= 0.3 is 0 Å². The van der Waals surface area contributed by atoms with Crippen molar-refractivity contribution in [3.8, 4) is 0 Å². The van der Waals surface area contributed by atoms with Crippen LogP contribution in [0.25, 0.3) is 0 Å². The molecule has 14 heavy (non-hydrogen) atoms. The lowest BCUT2D eigenvalue weighted by atomic mass is 10.1. The fourth-order valence-electron chi connectivity index (χ4n) is 1.55. The minimum absolute atomic E-state index is 0.139. The maximum absolute atomic E-state index is 11.4. The van der Waals surface area contributed by atoms with Crippen LogP contribution in [0.4, 0.5) is 0 Å². The highest BCUT2D eigenvalue weighted by molar-refractivity contribution is 5.77. The highest BCUT2D eigenvalue weighted by atomic mass is 16.5. The van der Waals surface area contributed by atoms with E-state index in [9.17, 15) is 4.79 Å². The highest BCUT2D eigenvalue weighted by Crippen LogP contribution is 2.09. The number of nitrogens with one attached hydrogen (secondary N) is 1. The number of amides is 1. The first kappa shape index (κ1) is 11.4. The molecule has 1 aliphatic heterocycles. The number of hydrogen-bond acceptors (Lipinski definition) is 4. The van der Waals surface area contributed by atoms with E-state index >= 15 is 0 Å².